The molecule has 12 heteroatoms. The van der Waals surface area contributed by atoms with Crippen molar-refractivity contribution in [1.29, 1.82) is 0 Å². The van der Waals surface area contributed by atoms with Crippen molar-refractivity contribution < 1.29 is 22.8 Å². The van der Waals surface area contributed by atoms with Crippen LogP contribution in [0.25, 0.3) is 0 Å². The summed E-state index contributed by atoms with van der Waals surface area (Å²) >= 11 is 1.34. The maximum absolute atomic E-state index is 13.1. The normalized spacial score (nSPS) is 16.6. The molecule has 2 aliphatic heterocycles. The summed E-state index contributed by atoms with van der Waals surface area (Å²) in [4.78, 5) is 40.8. The van der Waals surface area contributed by atoms with E-state index in [9.17, 15) is 22.8 Å². The molecule has 194 valence electrons. The van der Waals surface area contributed by atoms with Crippen LogP contribution in [-0.4, -0.2) is 61.0 Å². The Morgan fingerprint density at radius 1 is 0.972 bits per heavy atom. The van der Waals surface area contributed by atoms with Gasteiger partial charge in [0.05, 0.1) is 10.5 Å². The predicted molar refractivity (Wildman–Crippen MR) is 137 cm³/mol. The number of amides is 3. The second-order valence-corrected chi connectivity index (χ2v) is 12.3. The maximum atomic E-state index is 13.1. The zero-order valence-electron chi connectivity index (χ0n) is 20.6. The first-order valence-electron chi connectivity index (χ1n) is 11.9. The highest BCUT2D eigenvalue weighted by atomic mass is 32.2. The molecule has 2 aromatic rings. The largest absolute Gasteiger partial charge is 0.313 e. The molecule has 1 saturated heterocycles. The van der Waals surface area contributed by atoms with Crippen LogP contribution in [0, 0.1) is 0 Å². The van der Waals surface area contributed by atoms with Crippen molar-refractivity contribution in [3.05, 3.63) is 45.8 Å². The van der Waals surface area contributed by atoms with Crippen molar-refractivity contribution in [1.82, 2.24) is 20.1 Å². The first-order valence-corrected chi connectivity index (χ1v) is 14.2. The van der Waals surface area contributed by atoms with E-state index >= 15 is 0 Å². The van der Waals surface area contributed by atoms with Gasteiger partial charge in [-0.15, -0.1) is 11.3 Å². The van der Waals surface area contributed by atoms with Gasteiger partial charge in [0.1, 0.15) is 5.00 Å². The first kappa shape index (κ1) is 26.3. The third-order valence-electron chi connectivity index (χ3n) is 6.44. The highest BCUT2D eigenvalue weighted by Gasteiger charge is 2.30. The summed E-state index contributed by atoms with van der Waals surface area (Å²) in [5, 5.41) is 3.23. The first-order chi connectivity index (χ1) is 17.1. The van der Waals surface area contributed by atoms with Crippen LogP contribution < -0.4 is 16.2 Å². The number of carbonyl (C=O) groups excluding carboxylic acids is 3. The number of rotatable bonds is 6. The molecule has 1 aromatic carbocycles. The Morgan fingerprint density at radius 3 is 2.25 bits per heavy atom. The van der Waals surface area contributed by atoms with E-state index in [1.165, 1.54) is 46.8 Å². The molecule has 10 nitrogen and oxygen atoms in total. The molecule has 0 atom stereocenters. The lowest BCUT2D eigenvalue weighted by Crippen LogP contribution is -2.41. The van der Waals surface area contributed by atoms with Crippen LogP contribution >= 0.6 is 11.3 Å². The highest BCUT2D eigenvalue weighted by molar-refractivity contribution is 7.89. The molecule has 0 saturated carbocycles. The van der Waals surface area contributed by atoms with Crippen LogP contribution in [-0.2, 0) is 27.8 Å². The minimum Gasteiger partial charge on any atom is -0.313 e. The smallest absolute Gasteiger partial charge is 0.272 e. The SMILES string of the molecule is CC(=O)NNC(=O)c1c(NC(=O)c2ccc(S(=O)(=O)N3CCCC3)cc2)sc2c1CCN(C(C)C)C2. The summed E-state index contributed by atoms with van der Waals surface area (Å²) in [6.07, 6.45) is 2.33. The number of benzene rings is 1. The molecular formula is C24H31N5O5S2. The summed E-state index contributed by atoms with van der Waals surface area (Å²) in [7, 11) is -3.57. The molecule has 0 radical (unpaired) electrons. The Bertz CT molecular complexity index is 1260. The van der Waals surface area contributed by atoms with Crippen molar-refractivity contribution in [2.45, 2.75) is 57.5 Å². The van der Waals surface area contributed by atoms with Crippen LogP contribution in [0.1, 0.15) is 64.8 Å². The second-order valence-electron chi connectivity index (χ2n) is 9.25. The molecule has 36 heavy (non-hydrogen) atoms. The summed E-state index contributed by atoms with van der Waals surface area (Å²) in [6, 6.07) is 6.16. The van der Waals surface area contributed by atoms with Gasteiger partial charge in [-0.25, -0.2) is 8.42 Å². The zero-order valence-corrected chi connectivity index (χ0v) is 22.2. The van der Waals surface area contributed by atoms with Gasteiger partial charge in [-0.3, -0.25) is 30.1 Å². The van der Waals surface area contributed by atoms with Crippen molar-refractivity contribution in [2.75, 3.05) is 25.0 Å². The molecule has 4 rings (SSSR count). The molecule has 0 aliphatic carbocycles. The number of hydrazine groups is 1. The molecular weight excluding hydrogens is 502 g/mol. The highest BCUT2D eigenvalue weighted by Crippen LogP contribution is 2.38. The number of hydrogen-bond donors (Lipinski definition) is 3. The third-order valence-corrected chi connectivity index (χ3v) is 9.49. The molecule has 0 spiro atoms. The van der Waals surface area contributed by atoms with E-state index in [4.69, 9.17) is 0 Å². The van der Waals surface area contributed by atoms with Gasteiger partial charge in [-0.2, -0.15) is 4.31 Å². The summed E-state index contributed by atoms with van der Waals surface area (Å²) in [6.45, 7) is 7.97. The lowest BCUT2D eigenvalue weighted by molar-refractivity contribution is -0.119. The van der Waals surface area contributed by atoms with E-state index in [-0.39, 0.29) is 10.5 Å². The number of sulfonamides is 1. The summed E-state index contributed by atoms with van der Waals surface area (Å²) < 4.78 is 27.0. The Kier molecular flexibility index (Phi) is 7.79. The van der Waals surface area contributed by atoms with Crippen molar-refractivity contribution in [2.24, 2.45) is 0 Å². The van der Waals surface area contributed by atoms with Crippen LogP contribution in [0.2, 0.25) is 0 Å². The van der Waals surface area contributed by atoms with E-state index in [0.717, 1.165) is 29.8 Å². The monoisotopic (exact) mass is 533 g/mol. The molecule has 3 heterocycles. The fraction of sp³-hybridized carbons (Fsp3) is 0.458. The van der Waals surface area contributed by atoms with Gasteiger partial charge < -0.3 is 5.32 Å². The van der Waals surface area contributed by atoms with Gasteiger partial charge >= 0.3 is 0 Å². The van der Waals surface area contributed by atoms with Gasteiger partial charge in [0, 0.05) is 49.6 Å². The Labute approximate surface area is 215 Å². The number of carbonyl (C=O) groups is 3. The number of hydrogen-bond acceptors (Lipinski definition) is 7. The Morgan fingerprint density at radius 2 is 1.64 bits per heavy atom. The van der Waals surface area contributed by atoms with E-state index in [2.05, 4.69) is 34.9 Å². The molecule has 0 bridgehead atoms. The van der Waals surface area contributed by atoms with Crippen molar-refractivity contribution in [3.8, 4) is 0 Å². The number of fused-ring (bicyclic) bond motifs is 1. The summed E-state index contributed by atoms with van der Waals surface area (Å²) in [5.74, 6) is -1.36. The Hall–Kier alpha value is -2.80. The Balaban J connectivity index is 1.58. The lowest BCUT2D eigenvalue weighted by atomic mass is 10.0. The minimum atomic E-state index is -3.57. The number of nitrogens with zero attached hydrogens (tertiary/aromatic N) is 2. The van der Waals surface area contributed by atoms with Gasteiger partial charge in [-0.1, -0.05) is 0 Å². The molecule has 2 aliphatic rings. The van der Waals surface area contributed by atoms with E-state index in [1.54, 1.807) is 0 Å². The maximum Gasteiger partial charge on any atom is 0.272 e. The topological polar surface area (TPSA) is 128 Å². The molecule has 3 amide bonds. The quantitative estimate of drug-likeness (QED) is 0.489. The molecule has 1 aromatic heterocycles. The summed E-state index contributed by atoms with van der Waals surface area (Å²) in [5.41, 5.74) is 6.19. The van der Waals surface area contributed by atoms with Crippen LogP contribution in [0.15, 0.2) is 29.2 Å². The molecule has 1 fully saturated rings. The van der Waals surface area contributed by atoms with E-state index < -0.39 is 27.7 Å². The second kappa shape index (κ2) is 10.7. The fourth-order valence-corrected chi connectivity index (χ4v) is 7.21. The predicted octanol–water partition coefficient (Wildman–Crippen LogP) is 2.33. The molecule has 0 unspecified atom stereocenters. The van der Waals surface area contributed by atoms with Crippen LogP contribution in [0.5, 0.6) is 0 Å². The molecule has 3 N–H and O–H groups in total. The fourth-order valence-electron chi connectivity index (χ4n) is 4.43. The number of thiophene rings is 1. The van der Waals surface area contributed by atoms with Gasteiger partial charge in [0.15, 0.2) is 0 Å². The van der Waals surface area contributed by atoms with Crippen molar-refractivity contribution in [3.63, 3.8) is 0 Å². The zero-order chi connectivity index (χ0) is 26.0. The van der Waals surface area contributed by atoms with Crippen LogP contribution in [0.4, 0.5) is 5.00 Å². The minimum absolute atomic E-state index is 0.150. The third kappa shape index (κ3) is 5.46. The number of anilines is 1. The lowest BCUT2D eigenvalue weighted by Gasteiger charge is -2.30. The van der Waals surface area contributed by atoms with Gasteiger partial charge in [0.25, 0.3) is 11.8 Å². The van der Waals surface area contributed by atoms with Crippen molar-refractivity contribution >= 4 is 44.1 Å². The van der Waals surface area contributed by atoms with Gasteiger partial charge in [-0.05, 0) is 62.9 Å². The standard InChI is InChI=1S/C24H31N5O5S2/c1-15(2)28-13-10-19-20(14-28)35-24(21(19)23(32)27-26-16(3)30)25-22(31)17-6-8-18(9-7-17)36(33,34)29-11-4-5-12-29/h6-9,15H,4-5,10-14H2,1-3H3,(H,25,31)(H,26,30)(H,27,32). The average Bonchev–Trinajstić information content (AvgIpc) is 3.50. The number of nitrogens with one attached hydrogen (secondary N) is 3. The van der Waals surface area contributed by atoms with Gasteiger partial charge in [0.2, 0.25) is 15.9 Å². The van der Waals surface area contributed by atoms with E-state index in [1.807, 2.05) is 0 Å². The average molecular weight is 534 g/mol. The van der Waals surface area contributed by atoms with Crippen LogP contribution in [0.3, 0.4) is 0 Å². The van der Waals surface area contributed by atoms with E-state index in [0.29, 0.717) is 42.7 Å².